The normalized spacial score (nSPS) is 27.7. The summed E-state index contributed by atoms with van der Waals surface area (Å²) in [6, 6.07) is 3.59. The second-order valence-corrected chi connectivity index (χ2v) is 8.63. The summed E-state index contributed by atoms with van der Waals surface area (Å²) >= 11 is 0. The van der Waals surface area contributed by atoms with Crippen molar-refractivity contribution in [2.75, 3.05) is 26.7 Å². The topological polar surface area (TPSA) is 73.8 Å². The van der Waals surface area contributed by atoms with Crippen molar-refractivity contribution in [3.8, 4) is 0 Å². The van der Waals surface area contributed by atoms with Crippen molar-refractivity contribution >= 4 is 17.8 Å². The van der Waals surface area contributed by atoms with Crippen LogP contribution in [0.2, 0.25) is 0 Å². The van der Waals surface area contributed by atoms with Gasteiger partial charge in [-0.2, -0.15) is 0 Å². The lowest BCUT2D eigenvalue weighted by molar-refractivity contribution is -0.140. The summed E-state index contributed by atoms with van der Waals surface area (Å²) in [5.74, 6) is -0.691. The van der Waals surface area contributed by atoms with Crippen LogP contribution in [0.15, 0.2) is 35.3 Å². The van der Waals surface area contributed by atoms with Gasteiger partial charge in [0.1, 0.15) is 11.6 Å². The number of rotatable bonds is 7. The third kappa shape index (κ3) is 4.07. The first-order chi connectivity index (χ1) is 14.9. The number of imide groups is 1. The maximum Gasteiger partial charge on any atom is 0.233 e. The number of nitrogens with one attached hydrogen (secondary N) is 2. The molecule has 2 bridgehead atoms. The van der Waals surface area contributed by atoms with Crippen LogP contribution in [0.3, 0.4) is 0 Å². The first kappa shape index (κ1) is 21.5. The molecule has 0 aromatic heterocycles. The molecule has 5 atom stereocenters. The zero-order chi connectivity index (χ0) is 22.1. The van der Waals surface area contributed by atoms with Crippen LogP contribution in [-0.2, 0) is 9.59 Å². The van der Waals surface area contributed by atoms with Gasteiger partial charge in [-0.15, -0.1) is 0 Å². The summed E-state index contributed by atoms with van der Waals surface area (Å²) in [6.07, 6.45) is 5.74. The number of carbonyl (C=O) groups is 2. The van der Waals surface area contributed by atoms with E-state index in [4.69, 9.17) is 0 Å². The van der Waals surface area contributed by atoms with Crippen LogP contribution in [0.25, 0.3) is 0 Å². The van der Waals surface area contributed by atoms with E-state index in [1.807, 2.05) is 6.92 Å². The van der Waals surface area contributed by atoms with Gasteiger partial charge in [-0.25, -0.2) is 8.78 Å². The number of halogens is 2. The SMILES string of the molecule is CN=C(NCCCN1C(=O)C2C3C=CC(C3)C2C1=O)NCC(C)c1ccc(F)cc1F. The molecule has 6 nitrogen and oxygen atoms in total. The van der Waals surface area contributed by atoms with E-state index in [0.29, 0.717) is 37.6 Å². The summed E-state index contributed by atoms with van der Waals surface area (Å²) in [7, 11) is 1.63. The summed E-state index contributed by atoms with van der Waals surface area (Å²) in [4.78, 5) is 31.0. The van der Waals surface area contributed by atoms with Gasteiger partial charge in [0.05, 0.1) is 11.8 Å². The minimum absolute atomic E-state index is 0.0236. The van der Waals surface area contributed by atoms with Crippen LogP contribution in [-0.4, -0.2) is 49.4 Å². The monoisotopic (exact) mass is 430 g/mol. The number of fused-ring (bicyclic) bond motifs is 5. The van der Waals surface area contributed by atoms with E-state index in [1.54, 1.807) is 7.05 Å². The number of aliphatic imine (C=N–C) groups is 1. The Morgan fingerprint density at radius 3 is 2.45 bits per heavy atom. The van der Waals surface area contributed by atoms with Gasteiger partial charge in [0.2, 0.25) is 11.8 Å². The number of nitrogens with zero attached hydrogens (tertiary/aromatic N) is 2. The van der Waals surface area contributed by atoms with E-state index in [2.05, 4.69) is 27.8 Å². The molecule has 1 aromatic carbocycles. The molecule has 1 aromatic rings. The van der Waals surface area contributed by atoms with Crippen molar-refractivity contribution in [3.05, 3.63) is 47.5 Å². The van der Waals surface area contributed by atoms with Crippen molar-refractivity contribution < 1.29 is 18.4 Å². The smallest absolute Gasteiger partial charge is 0.233 e. The molecule has 3 aliphatic rings. The summed E-state index contributed by atoms with van der Waals surface area (Å²) in [5.41, 5.74) is 0.435. The average molecular weight is 430 g/mol. The molecule has 2 aliphatic carbocycles. The van der Waals surface area contributed by atoms with Crippen molar-refractivity contribution in [1.29, 1.82) is 0 Å². The largest absolute Gasteiger partial charge is 0.356 e. The standard InChI is InChI=1S/C23H28F2N4O2/c1-13(17-7-6-16(24)11-18(17)25)12-28-23(26-2)27-8-3-9-29-21(30)19-14-4-5-15(10-14)20(19)22(29)31/h4-7,11,13-15,19-20H,3,8-10,12H2,1-2H3,(H2,26,27,28). The van der Waals surface area contributed by atoms with E-state index in [9.17, 15) is 18.4 Å². The maximum atomic E-state index is 13.9. The lowest BCUT2D eigenvalue weighted by Gasteiger charge is -2.19. The highest BCUT2D eigenvalue weighted by Gasteiger charge is 2.58. The number of allylic oxidation sites excluding steroid dienone is 2. The molecule has 31 heavy (non-hydrogen) atoms. The fourth-order valence-electron chi connectivity index (χ4n) is 5.11. The van der Waals surface area contributed by atoms with Crippen molar-refractivity contribution in [2.45, 2.75) is 25.7 Å². The molecule has 1 heterocycles. The number of hydrogen-bond donors (Lipinski definition) is 2. The van der Waals surface area contributed by atoms with E-state index in [1.165, 1.54) is 17.0 Å². The fraction of sp³-hybridized carbons (Fsp3) is 0.522. The minimum atomic E-state index is -0.596. The van der Waals surface area contributed by atoms with Crippen LogP contribution in [0.1, 0.15) is 31.2 Å². The number of amides is 2. The molecular weight excluding hydrogens is 402 g/mol. The van der Waals surface area contributed by atoms with Gasteiger partial charge < -0.3 is 10.6 Å². The Labute approximate surface area is 180 Å². The Morgan fingerprint density at radius 1 is 1.16 bits per heavy atom. The van der Waals surface area contributed by atoms with Crippen LogP contribution in [0.4, 0.5) is 8.78 Å². The zero-order valence-electron chi connectivity index (χ0n) is 17.8. The second-order valence-electron chi connectivity index (χ2n) is 8.63. The Balaban J connectivity index is 1.21. The molecule has 2 amide bonds. The number of guanidine groups is 1. The maximum absolute atomic E-state index is 13.9. The highest BCUT2D eigenvalue weighted by Crippen LogP contribution is 2.52. The minimum Gasteiger partial charge on any atom is -0.356 e. The molecule has 8 heteroatoms. The lowest BCUT2D eigenvalue weighted by Crippen LogP contribution is -2.41. The molecule has 1 saturated carbocycles. The molecule has 2 N–H and O–H groups in total. The van der Waals surface area contributed by atoms with Crippen molar-refractivity contribution in [2.24, 2.45) is 28.7 Å². The Bertz CT molecular complexity index is 902. The van der Waals surface area contributed by atoms with Crippen LogP contribution < -0.4 is 10.6 Å². The predicted octanol–water partition coefficient (Wildman–Crippen LogP) is 2.43. The van der Waals surface area contributed by atoms with Gasteiger partial charge in [-0.1, -0.05) is 25.1 Å². The fourth-order valence-corrected chi connectivity index (χ4v) is 5.11. The van der Waals surface area contributed by atoms with E-state index in [0.717, 1.165) is 12.5 Å². The highest BCUT2D eigenvalue weighted by atomic mass is 19.1. The summed E-state index contributed by atoms with van der Waals surface area (Å²) in [5, 5.41) is 6.29. The Kier molecular flexibility index (Phi) is 6.07. The molecular formula is C23H28F2N4O2. The van der Waals surface area contributed by atoms with E-state index < -0.39 is 11.6 Å². The number of carbonyl (C=O) groups excluding carboxylic acids is 2. The molecule has 1 saturated heterocycles. The van der Waals surface area contributed by atoms with Crippen molar-refractivity contribution in [3.63, 3.8) is 0 Å². The Hall–Kier alpha value is -2.77. The van der Waals surface area contributed by atoms with Gasteiger partial charge in [0, 0.05) is 38.7 Å². The Morgan fingerprint density at radius 2 is 1.84 bits per heavy atom. The predicted molar refractivity (Wildman–Crippen MR) is 113 cm³/mol. The molecule has 0 spiro atoms. The van der Waals surface area contributed by atoms with E-state index in [-0.39, 0.29) is 41.4 Å². The number of likely N-dealkylation sites (tertiary alicyclic amines) is 1. The zero-order valence-corrected chi connectivity index (χ0v) is 17.8. The van der Waals surface area contributed by atoms with Gasteiger partial charge >= 0.3 is 0 Å². The molecule has 0 radical (unpaired) electrons. The third-order valence-electron chi connectivity index (χ3n) is 6.71. The van der Waals surface area contributed by atoms with E-state index >= 15 is 0 Å². The molecule has 4 rings (SSSR count). The van der Waals surface area contributed by atoms with Crippen molar-refractivity contribution in [1.82, 2.24) is 15.5 Å². The first-order valence-corrected chi connectivity index (χ1v) is 10.8. The molecule has 5 unspecified atom stereocenters. The van der Waals surface area contributed by atoms with Gasteiger partial charge in [0.15, 0.2) is 5.96 Å². The molecule has 166 valence electrons. The second kappa shape index (κ2) is 8.77. The summed E-state index contributed by atoms with van der Waals surface area (Å²) < 4.78 is 27.0. The molecule has 2 fully saturated rings. The molecule has 1 aliphatic heterocycles. The quantitative estimate of drug-likeness (QED) is 0.229. The number of hydrogen-bond acceptors (Lipinski definition) is 3. The first-order valence-electron chi connectivity index (χ1n) is 10.8. The summed E-state index contributed by atoms with van der Waals surface area (Å²) in [6.45, 7) is 3.20. The third-order valence-corrected chi connectivity index (χ3v) is 6.71. The van der Waals surface area contributed by atoms with Crippen LogP contribution in [0.5, 0.6) is 0 Å². The van der Waals surface area contributed by atoms with Crippen LogP contribution >= 0.6 is 0 Å². The average Bonchev–Trinajstić information content (AvgIpc) is 3.42. The van der Waals surface area contributed by atoms with Gasteiger partial charge in [-0.05, 0) is 36.3 Å². The van der Waals surface area contributed by atoms with Gasteiger partial charge in [-0.3, -0.25) is 19.5 Å². The highest BCUT2D eigenvalue weighted by molar-refractivity contribution is 6.06. The van der Waals surface area contributed by atoms with Gasteiger partial charge in [0.25, 0.3) is 0 Å². The lowest BCUT2D eigenvalue weighted by atomic mass is 9.85. The number of benzene rings is 1. The van der Waals surface area contributed by atoms with Crippen LogP contribution in [0, 0.1) is 35.3 Å².